The second kappa shape index (κ2) is 6.67. The molecule has 1 aliphatic carbocycles. The number of hydrogen-bond acceptors (Lipinski definition) is 4. The summed E-state index contributed by atoms with van der Waals surface area (Å²) in [7, 11) is 1.71. The third-order valence-corrected chi connectivity index (χ3v) is 3.68. The van der Waals surface area contributed by atoms with Gasteiger partial charge < -0.3 is 21.0 Å². The summed E-state index contributed by atoms with van der Waals surface area (Å²) in [5.74, 6) is -0.498. The first-order valence-corrected chi connectivity index (χ1v) is 6.67. The minimum atomic E-state index is -0.402. The molecule has 5 nitrogen and oxygen atoms in total. The van der Waals surface area contributed by atoms with Crippen LogP contribution in [0.2, 0.25) is 0 Å². The predicted octanol–water partition coefficient (Wildman–Crippen LogP) is 1.58. The highest BCUT2D eigenvalue weighted by atomic mass is 19.1. The second-order valence-corrected chi connectivity index (χ2v) is 5.03. The van der Waals surface area contributed by atoms with E-state index in [0.29, 0.717) is 12.1 Å². The lowest BCUT2D eigenvalue weighted by Gasteiger charge is -2.19. The zero-order chi connectivity index (χ0) is 14.5. The van der Waals surface area contributed by atoms with Crippen molar-refractivity contribution in [3.8, 4) is 0 Å². The SMILES string of the molecule is COC1CCCC1NCc1cc(F)cc(/C(N)=N/O)c1. The Hall–Kier alpha value is -1.66. The summed E-state index contributed by atoms with van der Waals surface area (Å²) in [6, 6.07) is 4.68. The van der Waals surface area contributed by atoms with E-state index in [9.17, 15) is 4.39 Å². The number of nitrogens with one attached hydrogen (secondary N) is 1. The molecular formula is C14H20FN3O2. The summed E-state index contributed by atoms with van der Waals surface area (Å²) in [6.45, 7) is 0.522. The van der Waals surface area contributed by atoms with Gasteiger partial charge in [0, 0.05) is 25.3 Å². The van der Waals surface area contributed by atoms with Gasteiger partial charge in [-0.25, -0.2) is 4.39 Å². The van der Waals surface area contributed by atoms with Crippen LogP contribution in [0, 0.1) is 5.82 Å². The van der Waals surface area contributed by atoms with Crippen LogP contribution in [0.25, 0.3) is 0 Å². The Morgan fingerprint density at radius 3 is 3.00 bits per heavy atom. The predicted molar refractivity (Wildman–Crippen MR) is 74.2 cm³/mol. The highest BCUT2D eigenvalue weighted by Gasteiger charge is 2.26. The molecule has 1 aromatic carbocycles. The van der Waals surface area contributed by atoms with Crippen molar-refractivity contribution in [1.29, 1.82) is 0 Å². The molecule has 0 heterocycles. The fourth-order valence-electron chi connectivity index (χ4n) is 2.65. The van der Waals surface area contributed by atoms with Crippen molar-refractivity contribution in [1.82, 2.24) is 5.32 Å². The van der Waals surface area contributed by atoms with E-state index in [0.717, 1.165) is 24.8 Å². The van der Waals surface area contributed by atoms with Gasteiger partial charge in [-0.3, -0.25) is 0 Å². The van der Waals surface area contributed by atoms with Crippen molar-refractivity contribution in [2.45, 2.75) is 38.0 Å². The van der Waals surface area contributed by atoms with E-state index in [4.69, 9.17) is 15.7 Å². The van der Waals surface area contributed by atoms with Crippen molar-refractivity contribution in [2.24, 2.45) is 10.9 Å². The van der Waals surface area contributed by atoms with Gasteiger partial charge in [-0.2, -0.15) is 0 Å². The summed E-state index contributed by atoms with van der Waals surface area (Å²) in [4.78, 5) is 0. The van der Waals surface area contributed by atoms with Crippen LogP contribution in [0.3, 0.4) is 0 Å². The molecule has 0 bridgehead atoms. The van der Waals surface area contributed by atoms with Crippen LogP contribution in [-0.4, -0.2) is 30.3 Å². The first-order chi connectivity index (χ1) is 9.63. The molecule has 0 spiro atoms. The van der Waals surface area contributed by atoms with E-state index in [1.54, 1.807) is 13.2 Å². The van der Waals surface area contributed by atoms with Gasteiger partial charge >= 0.3 is 0 Å². The van der Waals surface area contributed by atoms with Gasteiger partial charge in [0.1, 0.15) is 5.82 Å². The average molecular weight is 281 g/mol. The molecule has 1 fully saturated rings. The molecule has 1 saturated carbocycles. The van der Waals surface area contributed by atoms with Crippen LogP contribution in [0.5, 0.6) is 0 Å². The maximum Gasteiger partial charge on any atom is 0.170 e. The molecular weight excluding hydrogens is 261 g/mol. The van der Waals surface area contributed by atoms with Crippen LogP contribution in [0.1, 0.15) is 30.4 Å². The molecule has 20 heavy (non-hydrogen) atoms. The Kier molecular flexibility index (Phi) is 4.92. The Labute approximate surface area is 117 Å². The fraction of sp³-hybridized carbons (Fsp3) is 0.500. The molecule has 0 aliphatic heterocycles. The molecule has 2 unspecified atom stereocenters. The number of rotatable bonds is 5. The quantitative estimate of drug-likeness (QED) is 0.331. The number of nitrogens with two attached hydrogens (primary N) is 1. The summed E-state index contributed by atoms with van der Waals surface area (Å²) >= 11 is 0. The third kappa shape index (κ3) is 3.46. The summed E-state index contributed by atoms with van der Waals surface area (Å²) in [5.41, 5.74) is 6.62. The molecule has 2 atom stereocenters. The Morgan fingerprint density at radius 2 is 2.30 bits per heavy atom. The number of amidine groups is 1. The van der Waals surface area contributed by atoms with Crippen molar-refractivity contribution in [3.63, 3.8) is 0 Å². The van der Waals surface area contributed by atoms with Gasteiger partial charge in [0.25, 0.3) is 0 Å². The van der Waals surface area contributed by atoms with Crippen molar-refractivity contribution < 1.29 is 14.3 Å². The number of benzene rings is 1. The van der Waals surface area contributed by atoms with E-state index in [1.807, 2.05) is 0 Å². The number of hydrogen-bond donors (Lipinski definition) is 3. The van der Waals surface area contributed by atoms with Crippen molar-refractivity contribution in [2.75, 3.05) is 7.11 Å². The molecule has 6 heteroatoms. The minimum Gasteiger partial charge on any atom is -0.409 e. The van der Waals surface area contributed by atoms with Crippen LogP contribution < -0.4 is 11.1 Å². The second-order valence-electron chi connectivity index (χ2n) is 5.03. The molecule has 4 N–H and O–H groups in total. The summed E-state index contributed by atoms with van der Waals surface area (Å²) in [5, 5.41) is 14.9. The molecule has 110 valence electrons. The van der Waals surface area contributed by atoms with Crippen LogP contribution in [0.15, 0.2) is 23.4 Å². The van der Waals surface area contributed by atoms with Gasteiger partial charge in [-0.1, -0.05) is 5.16 Å². The van der Waals surface area contributed by atoms with Gasteiger partial charge in [-0.15, -0.1) is 0 Å². The monoisotopic (exact) mass is 281 g/mol. The molecule has 1 aliphatic rings. The lowest BCUT2D eigenvalue weighted by molar-refractivity contribution is 0.0847. The highest BCUT2D eigenvalue weighted by molar-refractivity contribution is 5.97. The standard InChI is InChI=1S/C14H20FN3O2/c1-20-13-4-2-3-12(13)17-8-9-5-10(14(16)18-19)7-11(15)6-9/h5-7,12-13,17,19H,2-4,8H2,1H3,(H2,16,18). The van der Waals surface area contributed by atoms with Crippen LogP contribution in [0.4, 0.5) is 4.39 Å². The fourth-order valence-corrected chi connectivity index (χ4v) is 2.65. The third-order valence-electron chi connectivity index (χ3n) is 3.68. The lowest BCUT2D eigenvalue weighted by Crippen LogP contribution is -2.36. The number of nitrogens with zero attached hydrogens (tertiary/aromatic N) is 1. The molecule has 2 rings (SSSR count). The lowest BCUT2D eigenvalue weighted by atomic mass is 10.1. The molecule has 0 saturated heterocycles. The number of oxime groups is 1. The highest BCUT2D eigenvalue weighted by Crippen LogP contribution is 2.22. The molecule has 0 amide bonds. The van der Waals surface area contributed by atoms with Gasteiger partial charge in [0.15, 0.2) is 5.84 Å². The average Bonchev–Trinajstić information content (AvgIpc) is 2.91. The van der Waals surface area contributed by atoms with Crippen LogP contribution >= 0.6 is 0 Å². The number of ether oxygens (including phenoxy) is 1. The van der Waals surface area contributed by atoms with E-state index in [2.05, 4.69) is 10.5 Å². The maximum absolute atomic E-state index is 13.5. The van der Waals surface area contributed by atoms with E-state index in [-0.39, 0.29) is 18.0 Å². The molecule has 0 radical (unpaired) electrons. The van der Waals surface area contributed by atoms with E-state index >= 15 is 0 Å². The normalized spacial score (nSPS) is 23.2. The van der Waals surface area contributed by atoms with Gasteiger partial charge in [0.2, 0.25) is 0 Å². The minimum absolute atomic E-state index is 0.0959. The van der Waals surface area contributed by atoms with E-state index in [1.165, 1.54) is 12.1 Å². The topological polar surface area (TPSA) is 79.9 Å². The zero-order valence-corrected chi connectivity index (χ0v) is 11.5. The van der Waals surface area contributed by atoms with Gasteiger partial charge in [0.05, 0.1) is 6.10 Å². The maximum atomic E-state index is 13.5. The smallest absolute Gasteiger partial charge is 0.170 e. The first kappa shape index (κ1) is 14.7. The van der Waals surface area contributed by atoms with Crippen molar-refractivity contribution >= 4 is 5.84 Å². The largest absolute Gasteiger partial charge is 0.409 e. The Morgan fingerprint density at radius 1 is 1.50 bits per heavy atom. The molecule has 0 aromatic heterocycles. The molecule has 1 aromatic rings. The number of halogens is 1. The Bertz CT molecular complexity index is 493. The summed E-state index contributed by atoms with van der Waals surface area (Å²) in [6.07, 6.45) is 3.45. The van der Waals surface area contributed by atoms with Crippen molar-refractivity contribution in [3.05, 3.63) is 35.1 Å². The number of methoxy groups -OCH3 is 1. The van der Waals surface area contributed by atoms with Crippen LogP contribution in [-0.2, 0) is 11.3 Å². The summed E-state index contributed by atoms with van der Waals surface area (Å²) < 4.78 is 18.9. The zero-order valence-electron chi connectivity index (χ0n) is 11.5. The van der Waals surface area contributed by atoms with Gasteiger partial charge in [-0.05, 0) is 43.0 Å². The van der Waals surface area contributed by atoms with E-state index < -0.39 is 5.82 Å². The first-order valence-electron chi connectivity index (χ1n) is 6.67. The Balaban J connectivity index is 2.04.